The number of hydrogen-bond donors (Lipinski definition) is 3. The molecule has 2 aliphatic heterocycles. The Labute approximate surface area is 251 Å². The van der Waals surface area contributed by atoms with Crippen LogP contribution >= 0.6 is 11.6 Å². The number of methoxy groups -OCH3 is 1. The quantitative estimate of drug-likeness (QED) is 0.276. The Balaban J connectivity index is 1.55. The van der Waals surface area contributed by atoms with E-state index in [0.717, 1.165) is 24.1 Å². The monoisotopic (exact) mass is 586 g/mol. The van der Waals surface area contributed by atoms with Gasteiger partial charge in [-0.2, -0.15) is 0 Å². The number of carbonyl (C=O) groups excluding carboxylic acids is 2. The SMILES string of the molecule is COc1c(Cl)cccc1Nc1c(-c2ccncc2C#C[C@]2(C)CCCN2C(=O)/C=C/CN(C)C)[nH]c2c1C(=O)NCC2. The lowest BCUT2D eigenvalue weighted by atomic mass is 9.97. The van der Waals surface area contributed by atoms with Gasteiger partial charge in [-0.3, -0.25) is 14.6 Å². The van der Waals surface area contributed by atoms with Gasteiger partial charge >= 0.3 is 0 Å². The highest BCUT2D eigenvalue weighted by molar-refractivity contribution is 6.32. The van der Waals surface area contributed by atoms with Crippen molar-refractivity contribution in [2.24, 2.45) is 0 Å². The molecule has 10 heteroatoms. The smallest absolute Gasteiger partial charge is 0.255 e. The maximum Gasteiger partial charge on any atom is 0.255 e. The van der Waals surface area contributed by atoms with Gasteiger partial charge in [0.25, 0.3) is 5.91 Å². The molecular weight excluding hydrogens is 552 g/mol. The van der Waals surface area contributed by atoms with Crippen molar-refractivity contribution in [3.8, 4) is 28.8 Å². The molecule has 0 radical (unpaired) electrons. The molecule has 218 valence electrons. The molecule has 1 aromatic carbocycles. The lowest BCUT2D eigenvalue weighted by Gasteiger charge is -2.29. The highest BCUT2D eigenvalue weighted by atomic mass is 35.5. The highest BCUT2D eigenvalue weighted by Crippen LogP contribution is 2.41. The molecule has 1 atom stereocenters. The second-order valence-corrected chi connectivity index (χ2v) is 11.3. The number of pyridine rings is 1. The number of aromatic amines is 1. The van der Waals surface area contributed by atoms with Crippen LogP contribution in [0.2, 0.25) is 5.02 Å². The first kappa shape index (κ1) is 29.2. The van der Waals surface area contributed by atoms with Crippen LogP contribution in [-0.2, 0) is 11.2 Å². The minimum absolute atomic E-state index is 0.0393. The van der Waals surface area contributed by atoms with Crippen LogP contribution in [0.4, 0.5) is 11.4 Å². The predicted molar refractivity (Wildman–Crippen MR) is 165 cm³/mol. The summed E-state index contributed by atoms with van der Waals surface area (Å²) in [7, 11) is 5.48. The van der Waals surface area contributed by atoms with Crippen LogP contribution in [0.1, 0.15) is 41.4 Å². The van der Waals surface area contributed by atoms with Crippen LogP contribution in [-0.4, -0.2) is 78.0 Å². The molecule has 9 nitrogen and oxygen atoms in total. The first-order valence-electron chi connectivity index (χ1n) is 13.9. The molecule has 2 amide bonds. The van der Waals surface area contributed by atoms with E-state index in [1.54, 1.807) is 31.6 Å². The zero-order chi connectivity index (χ0) is 29.9. The third kappa shape index (κ3) is 5.87. The number of carbonyl (C=O) groups is 2. The van der Waals surface area contributed by atoms with E-state index in [-0.39, 0.29) is 11.8 Å². The van der Waals surface area contributed by atoms with E-state index in [1.807, 2.05) is 55.1 Å². The van der Waals surface area contributed by atoms with Crippen LogP contribution < -0.4 is 15.4 Å². The summed E-state index contributed by atoms with van der Waals surface area (Å²) in [6, 6.07) is 7.29. The number of rotatable bonds is 7. The van der Waals surface area contributed by atoms with Crippen molar-refractivity contribution >= 4 is 34.8 Å². The van der Waals surface area contributed by atoms with Crippen LogP contribution in [0.25, 0.3) is 11.3 Å². The summed E-state index contributed by atoms with van der Waals surface area (Å²) in [4.78, 5) is 37.8. The number of fused-ring (bicyclic) bond motifs is 1. The molecule has 0 bridgehead atoms. The van der Waals surface area contributed by atoms with Gasteiger partial charge in [-0.1, -0.05) is 35.6 Å². The van der Waals surface area contributed by atoms with E-state index < -0.39 is 5.54 Å². The third-order valence-corrected chi connectivity index (χ3v) is 7.89. The van der Waals surface area contributed by atoms with E-state index in [1.165, 1.54) is 0 Å². The number of hydrogen-bond acceptors (Lipinski definition) is 6. The maximum atomic E-state index is 13.1. The Bertz CT molecular complexity index is 1600. The van der Waals surface area contributed by atoms with E-state index >= 15 is 0 Å². The van der Waals surface area contributed by atoms with Gasteiger partial charge in [-0.05, 0) is 52.1 Å². The van der Waals surface area contributed by atoms with Gasteiger partial charge in [0, 0.05) is 55.8 Å². The van der Waals surface area contributed by atoms with Crippen LogP contribution in [0.5, 0.6) is 5.75 Å². The van der Waals surface area contributed by atoms with Crippen molar-refractivity contribution in [3.05, 3.63) is 70.7 Å². The van der Waals surface area contributed by atoms with Gasteiger partial charge in [-0.25, -0.2) is 0 Å². The van der Waals surface area contributed by atoms with E-state index in [9.17, 15) is 9.59 Å². The fourth-order valence-corrected chi connectivity index (χ4v) is 5.72. The molecule has 3 N–H and O–H groups in total. The molecule has 0 saturated carbocycles. The van der Waals surface area contributed by atoms with Crippen molar-refractivity contribution in [2.75, 3.05) is 46.2 Å². The maximum absolute atomic E-state index is 13.1. The fraction of sp³-hybridized carbons (Fsp3) is 0.344. The van der Waals surface area contributed by atoms with Gasteiger partial charge < -0.3 is 30.2 Å². The number of nitrogens with zero attached hydrogens (tertiary/aromatic N) is 3. The summed E-state index contributed by atoms with van der Waals surface area (Å²) >= 11 is 6.40. The van der Waals surface area contributed by atoms with Crippen LogP contribution in [0, 0.1) is 11.8 Å². The molecule has 1 fully saturated rings. The van der Waals surface area contributed by atoms with Gasteiger partial charge in [-0.15, -0.1) is 0 Å². The van der Waals surface area contributed by atoms with Crippen molar-refractivity contribution in [1.82, 2.24) is 25.1 Å². The number of nitrogens with one attached hydrogen (secondary N) is 3. The van der Waals surface area contributed by atoms with Gasteiger partial charge in [0.2, 0.25) is 5.91 Å². The number of likely N-dealkylation sites (tertiary alicyclic amines) is 1. The summed E-state index contributed by atoms with van der Waals surface area (Å²) in [5.41, 5.74) is 4.17. The summed E-state index contributed by atoms with van der Waals surface area (Å²) in [6.07, 6.45) is 9.25. The molecule has 2 aromatic heterocycles. The average Bonchev–Trinajstić information content (AvgIpc) is 3.53. The first-order valence-corrected chi connectivity index (χ1v) is 14.3. The van der Waals surface area contributed by atoms with E-state index in [0.29, 0.717) is 65.0 Å². The molecule has 0 unspecified atom stereocenters. The number of anilines is 2. The zero-order valence-electron chi connectivity index (χ0n) is 24.3. The van der Waals surface area contributed by atoms with E-state index in [2.05, 4.69) is 32.4 Å². The molecule has 2 aliphatic rings. The lowest BCUT2D eigenvalue weighted by molar-refractivity contribution is -0.128. The fourth-order valence-electron chi connectivity index (χ4n) is 5.47. The molecular formula is C32H35ClN6O3. The second-order valence-electron chi connectivity index (χ2n) is 10.9. The Morgan fingerprint density at radius 3 is 2.95 bits per heavy atom. The topological polar surface area (TPSA) is 103 Å². The molecule has 3 aromatic rings. The molecule has 4 heterocycles. The van der Waals surface area contributed by atoms with Crippen LogP contribution in [0.3, 0.4) is 0 Å². The number of aromatic nitrogens is 2. The largest absolute Gasteiger partial charge is 0.493 e. The molecule has 1 saturated heterocycles. The number of ether oxygens (including phenoxy) is 1. The van der Waals surface area contributed by atoms with Crippen molar-refractivity contribution in [1.29, 1.82) is 0 Å². The third-order valence-electron chi connectivity index (χ3n) is 7.59. The molecule has 0 spiro atoms. The summed E-state index contributed by atoms with van der Waals surface area (Å²) < 4.78 is 5.56. The van der Waals surface area contributed by atoms with Gasteiger partial charge in [0.15, 0.2) is 5.75 Å². The number of para-hydroxylation sites is 1. The second kappa shape index (κ2) is 12.3. The lowest BCUT2D eigenvalue weighted by Crippen LogP contribution is -2.43. The van der Waals surface area contributed by atoms with Crippen molar-refractivity contribution in [2.45, 2.75) is 31.7 Å². The van der Waals surface area contributed by atoms with Crippen molar-refractivity contribution in [3.63, 3.8) is 0 Å². The normalized spacial score (nSPS) is 18.0. The van der Waals surface area contributed by atoms with Gasteiger partial charge in [0.05, 0.1) is 40.3 Å². The van der Waals surface area contributed by atoms with E-state index in [4.69, 9.17) is 16.3 Å². The minimum Gasteiger partial charge on any atom is -0.493 e. The summed E-state index contributed by atoms with van der Waals surface area (Å²) in [5, 5.41) is 6.81. The van der Waals surface area contributed by atoms with Crippen LogP contribution in [0.15, 0.2) is 48.8 Å². The Kier molecular flexibility index (Phi) is 8.57. The average molecular weight is 587 g/mol. The number of amides is 2. The number of H-pyrrole nitrogens is 1. The summed E-state index contributed by atoms with van der Waals surface area (Å²) in [5.74, 6) is 7.00. The van der Waals surface area contributed by atoms with Gasteiger partial charge in [0.1, 0.15) is 5.54 Å². The molecule has 42 heavy (non-hydrogen) atoms. The molecule has 0 aliphatic carbocycles. The number of likely N-dealkylation sites (N-methyl/N-ethyl adjacent to an activating group) is 1. The Morgan fingerprint density at radius 1 is 1.33 bits per heavy atom. The Morgan fingerprint density at radius 2 is 2.17 bits per heavy atom. The standard InChI is InChI=1S/C32H35ClN6O3/c1-32(14-7-19-39(32)26(40)10-6-18-38(2)3)15-11-21-20-34-16-12-22(21)28-29(27-24(36-28)13-17-35-31(27)41)37-25-9-5-8-23(33)30(25)42-4/h5-6,8-10,12,16,20,36-37H,7,13-14,17-19H2,1-4H3,(H,35,41)/b10-6+/t32-/m0/s1. The number of benzene rings is 1. The zero-order valence-corrected chi connectivity index (χ0v) is 25.1. The summed E-state index contributed by atoms with van der Waals surface area (Å²) in [6.45, 7) is 3.90. The number of halogens is 1. The first-order chi connectivity index (χ1) is 20.2. The highest BCUT2D eigenvalue weighted by Gasteiger charge is 2.37. The molecule has 5 rings (SSSR count). The predicted octanol–water partition coefficient (Wildman–Crippen LogP) is 4.62. The van der Waals surface area contributed by atoms with Crippen molar-refractivity contribution < 1.29 is 14.3 Å². The Hall–Kier alpha value is -4.26. The minimum atomic E-state index is -0.614.